The lowest BCUT2D eigenvalue weighted by molar-refractivity contribution is 0.717. The van der Waals surface area contributed by atoms with Gasteiger partial charge in [0, 0.05) is 19.3 Å². The number of rotatable bonds is 12. The summed E-state index contributed by atoms with van der Waals surface area (Å²) in [5.41, 5.74) is 7.59. The highest BCUT2D eigenvalue weighted by Crippen LogP contribution is 2.36. The maximum Gasteiger partial charge on any atom is 0.230 e. The summed E-state index contributed by atoms with van der Waals surface area (Å²) in [5, 5.41) is 29.6. The highest BCUT2D eigenvalue weighted by Gasteiger charge is 2.14. The summed E-state index contributed by atoms with van der Waals surface area (Å²) in [6.45, 7) is 8.50. The molecule has 3 heterocycles. The number of azo groups is 3. The summed E-state index contributed by atoms with van der Waals surface area (Å²) in [7, 11) is 0. The maximum absolute atomic E-state index is 4.49. The standard InChI is InChI=1S/C36H38N8S2/c1-4-5-6-9-27-10-12-28(13-11-27)33-24-37-36(45-33)43-41-32-17-14-29(22-26(32)3)38-40-31-16-15-30(23-25(31)2)39-42-34-18-19-35(46-34)44-20-7-8-21-44/h10-19,22-24H,4-9,20-21H2,1-3H3/b40-38+,42-39+,43-41+. The monoisotopic (exact) mass is 646 g/mol. The molecule has 0 amide bonds. The van der Waals surface area contributed by atoms with Crippen molar-refractivity contribution >= 4 is 60.6 Å². The molecule has 0 radical (unpaired) electrons. The first-order valence-corrected chi connectivity index (χ1v) is 17.5. The van der Waals surface area contributed by atoms with Gasteiger partial charge in [0.2, 0.25) is 5.13 Å². The van der Waals surface area contributed by atoms with Crippen molar-refractivity contribution in [3.8, 4) is 10.4 Å². The molecular formula is C36H38N8S2. The van der Waals surface area contributed by atoms with Crippen molar-refractivity contribution in [2.24, 2.45) is 30.7 Å². The van der Waals surface area contributed by atoms with Gasteiger partial charge in [-0.3, -0.25) is 0 Å². The second kappa shape index (κ2) is 15.2. The molecule has 6 rings (SSSR count). The Hall–Kier alpha value is -4.41. The molecule has 1 aliphatic rings. The molecule has 0 atom stereocenters. The van der Waals surface area contributed by atoms with Gasteiger partial charge in [-0.25, -0.2) is 4.98 Å². The molecule has 2 aromatic heterocycles. The maximum atomic E-state index is 4.49. The fraction of sp³-hybridized carbons (Fsp3) is 0.306. The number of hydrogen-bond donors (Lipinski definition) is 0. The highest BCUT2D eigenvalue weighted by molar-refractivity contribution is 7.19. The van der Waals surface area contributed by atoms with Gasteiger partial charge >= 0.3 is 0 Å². The molecule has 234 valence electrons. The van der Waals surface area contributed by atoms with E-state index in [0.29, 0.717) is 5.13 Å². The van der Waals surface area contributed by atoms with Crippen LogP contribution in [0.2, 0.25) is 0 Å². The molecule has 10 heteroatoms. The van der Waals surface area contributed by atoms with Crippen LogP contribution < -0.4 is 4.90 Å². The zero-order valence-corrected chi connectivity index (χ0v) is 28.2. The first-order chi connectivity index (χ1) is 22.5. The third-order valence-corrected chi connectivity index (χ3v) is 9.90. The average molecular weight is 647 g/mol. The van der Waals surface area contributed by atoms with Crippen LogP contribution in [0.1, 0.15) is 55.7 Å². The van der Waals surface area contributed by atoms with E-state index in [1.165, 1.54) is 54.0 Å². The number of thiophene rings is 1. The van der Waals surface area contributed by atoms with Crippen LogP contribution >= 0.6 is 22.7 Å². The van der Waals surface area contributed by atoms with Gasteiger partial charge in [0.15, 0.2) is 0 Å². The Morgan fingerprint density at radius 2 is 1.37 bits per heavy atom. The van der Waals surface area contributed by atoms with E-state index in [9.17, 15) is 0 Å². The number of anilines is 1. The van der Waals surface area contributed by atoms with Crippen molar-refractivity contribution in [2.45, 2.75) is 59.3 Å². The van der Waals surface area contributed by atoms with Crippen LogP contribution in [0, 0.1) is 13.8 Å². The van der Waals surface area contributed by atoms with Crippen molar-refractivity contribution in [1.82, 2.24) is 4.98 Å². The third-order valence-electron chi connectivity index (χ3n) is 7.94. The van der Waals surface area contributed by atoms with E-state index in [4.69, 9.17) is 0 Å². The normalized spacial score (nSPS) is 13.7. The summed E-state index contributed by atoms with van der Waals surface area (Å²) in [4.78, 5) is 7.97. The van der Waals surface area contributed by atoms with Crippen LogP contribution in [0.25, 0.3) is 10.4 Å². The van der Waals surface area contributed by atoms with Gasteiger partial charge in [0.05, 0.1) is 32.6 Å². The number of benzene rings is 3. The van der Waals surface area contributed by atoms with E-state index in [2.05, 4.69) is 77.8 Å². The first-order valence-electron chi connectivity index (χ1n) is 15.9. The fourth-order valence-corrected chi connectivity index (χ4v) is 6.90. The Labute approximate surface area is 278 Å². The molecule has 46 heavy (non-hydrogen) atoms. The number of thiazole rings is 1. The Balaban J connectivity index is 1.05. The molecule has 0 N–H and O–H groups in total. The number of unbranched alkanes of at least 4 members (excludes halogenated alkanes) is 2. The lowest BCUT2D eigenvalue weighted by atomic mass is 10.1. The quantitative estimate of drug-likeness (QED) is 0.0996. The van der Waals surface area contributed by atoms with E-state index in [0.717, 1.165) is 68.8 Å². The van der Waals surface area contributed by atoms with Gasteiger partial charge < -0.3 is 4.90 Å². The van der Waals surface area contributed by atoms with Crippen LogP contribution in [0.3, 0.4) is 0 Å². The molecule has 0 saturated carbocycles. The molecule has 1 aliphatic heterocycles. The summed E-state index contributed by atoms with van der Waals surface area (Å²) in [6, 6.07) is 24.6. The minimum Gasteiger partial charge on any atom is -0.363 e. The van der Waals surface area contributed by atoms with Gasteiger partial charge in [-0.05, 0) is 110 Å². The van der Waals surface area contributed by atoms with Crippen LogP contribution in [-0.2, 0) is 6.42 Å². The minimum absolute atomic E-state index is 0.630. The van der Waals surface area contributed by atoms with Crippen molar-refractivity contribution in [2.75, 3.05) is 18.0 Å². The number of hydrogen-bond acceptors (Lipinski definition) is 10. The zero-order chi connectivity index (χ0) is 31.7. The van der Waals surface area contributed by atoms with Crippen molar-refractivity contribution in [1.29, 1.82) is 0 Å². The van der Waals surface area contributed by atoms with Crippen LogP contribution in [0.4, 0.5) is 37.9 Å². The van der Waals surface area contributed by atoms with Crippen LogP contribution in [0.5, 0.6) is 0 Å². The molecule has 0 unspecified atom stereocenters. The van der Waals surface area contributed by atoms with Crippen LogP contribution in [-0.4, -0.2) is 18.1 Å². The Bertz CT molecular complexity index is 1850. The molecular weight excluding hydrogens is 609 g/mol. The SMILES string of the molecule is CCCCCc1ccc(-c2cnc(/N=N/c3ccc(/N=N/c4ccc(/N=N/c5ccc(N6CCCC6)s5)cc4C)cc3C)s2)cc1. The molecule has 8 nitrogen and oxygen atoms in total. The second-order valence-corrected chi connectivity index (χ2v) is 13.6. The van der Waals surface area contributed by atoms with E-state index < -0.39 is 0 Å². The molecule has 0 spiro atoms. The predicted octanol–water partition coefficient (Wildman–Crippen LogP) is 13.1. The Morgan fingerprint density at radius 1 is 0.696 bits per heavy atom. The van der Waals surface area contributed by atoms with Crippen molar-refractivity contribution in [3.63, 3.8) is 0 Å². The van der Waals surface area contributed by atoms with Gasteiger partial charge in [0.1, 0.15) is 5.00 Å². The van der Waals surface area contributed by atoms with E-state index >= 15 is 0 Å². The topological polar surface area (TPSA) is 90.3 Å². The second-order valence-electron chi connectivity index (χ2n) is 11.5. The average Bonchev–Trinajstić information content (AvgIpc) is 3.86. The smallest absolute Gasteiger partial charge is 0.230 e. The van der Waals surface area contributed by atoms with Crippen molar-refractivity contribution in [3.05, 3.63) is 95.7 Å². The largest absolute Gasteiger partial charge is 0.363 e. The van der Waals surface area contributed by atoms with Crippen LogP contribution in [0.15, 0.2) is 110 Å². The lowest BCUT2D eigenvalue weighted by Crippen LogP contribution is -2.15. The number of aromatic nitrogens is 1. The fourth-order valence-electron chi connectivity index (χ4n) is 5.28. The molecule has 1 fully saturated rings. The molecule has 1 saturated heterocycles. The van der Waals surface area contributed by atoms with Crippen molar-refractivity contribution < 1.29 is 0 Å². The first kappa shape index (κ1) is 31.6. The van der Waals surface area contributed by atoms with E-state index in [1.807, 2.05) is 62.5 Å². The summed E-state index contributed by atoms with van der Waals surface area (Å²) >= 11 is 3.22. The van der Waals surface area contributed by atoms with E-state index in [1.54, 1.807) is 11.3 Å². The van der Waals surface area contributed by atoms with Gasteiger partial charge in [-0.2, -0.15) is 10.2 Å². The Kier molecular flexibility index (Phi) is 10.5. The summed E-state index contributed by atoms with van der Waals surface area (Å²) in [6.07, 6.45) is 9.28. The predicted molar refractivity (Wildman–Crippen MR) is 191 cm³/mol. The summed E-state index contributed by atoms with van der Waals surface area (Å²) in [5.74, 6) is 0. The number of aryl methyl sites for hydroxylation is 3. The van der Waals surface area contributed by atoms with Gasteiger partial charge in [0.25, 0.3) is 0 Å². The molecule has 3 aromatic carbocycles. The van der Waals surface area contributed by atoms with Gasteiger partial charge in [-0.15, -0.1) is 20.5 Å². The molecule has 5 aromatic rings. The zero-order valence-electron chi connectivity index (χ0n) is 26.6. The summed E-state index contributed by atoms with van der Waals surface area (Å²) < 4.78 is 0. The van der Waals surface area contributed by atoms with E-state index in [-0.39, 0.29) is 0 Å². The third kappa shape index (κ3) is 8.24. The Morgan fingerprint density at radius 3 is 2.04 bits per heavy atom. The highest BCUT2D eigenvalue weighted by atomic mass is 32.1. The lowest BCUT2D eigenvalue weighted by Gasteiger charge is -2.13. The molecule has 0 bridgehead atoms. The number of nitrogens with zero attached hydrogens (tertiary/aromatic N) is 8. The molecule has 0 aliphatic carbocycles. The minimum atomic E-state index is 0.630. The van der Waals surface area contributed by atoms with Gasteiger partial charge in [-0.1, -0.05) is 66.7 Å².